The van der Waals surface area contributed by atoms with E-state index in [1.807, 2.05) is 6.07 Å². The van der Waals surface area contributed by atoms with Crippen molar-refractivity contribution >= 4 is 17.7 Å². The number of ketones is 1. The molecule has 0 N–H and O–H groups in total. The van der Waals surface area contributed by atoms with Crippen LogP contribution in [0.5, 0.6) is 0 Å². The van der Waals surface area contributed by atoms with Crippen molar-refractivity contribution in [1.82, 2.24) is 4.90 Å². The molecule has 0 unspecified atom stereocenters. The van der Waals surface area contributed by atoms with Gasteiger partial charge in [0.15, 0.2) is 5.41 Å². The Morgan fingerprint density at radius 2 is 2.13 bits per heavy atom. The van der Waals surface area contributed by atoms with E-state index in [1.54, 1.807) is 18.1 Å². The maximum absolute atomic E-state index is 12.9. The van der Waals surface area contributed by atoms with Crippen molar-refractivity contribution in [3.05, 3.63) is 23.7 Å². The number of nitrogens with zero attached hydrogens (tertiary/aromatic N) is 1. The summed E-state index contributed by atoms with van der Waals surface area (Å²) in [4.78, 5) is 40.1. The Labute approximate surface area is 133 Å². The molecule has 122 valence electrons. The minimum atomic E-state index is -1.42. The summed E-state index contributed by atoms with van der Waals surface area (Å²) in [7, 11) is 0. The van der Waals surface area contributed by atoms with Crippen molar-refractivity contribution in [2.75, 3.05) is 13.2 Å². The SMILES string of the molecule is CCOC(=O)[C@@]12CCCC[C@@]13c1ccoc1CCN3C(=O)C2=O. The van der Waals surface area contributed by atoms with Gasteiger partial charge in [-0.05, 0) is 25.8 Å². The largest absolute Gasteiger partial charge is 0.469 e. The smallest absolute Gasteiger partial charge is 0.323 e. The summed E-state index contributed by atoms with van der Waals surface area (Å²) in [6.45, 7) is 2.32. The molecule has 1 spiro atoms. The molecule has 3 aliphatic rings. The quantitative estimate of drug-likeness (QED) is 0.470. The predicted molar refractivity (Wildman–Crippen MR) is 78.3 cm³/mol. The monoisotopic (exact) mass is 317 g/mol. The van der Waals surface area contributed by atoms with Crippen LogP contribution in [-0.2, 0) is 31.1 Å². The second-order valence-corrected chi connectivity index (χ2v) is 6.49. The van der Waals surface area contributed by atoms with Crippen molar-refractivity contribution in [3.63, 3.8) is 0 Å². The Morgan fingerprint density at radius 3 is 2.91 bits per heavy atom. The average Bonchev–Trinajstić information content (AvgIpc) is 3.10. The third-order valence-electron chi connectivity index (χ3n) is 5.71. The van der Waals surface area contributed by atoms with Crippen LogP contribution in [0.4, 0.5) is 0 Å². The van der Waals surface area contributed by atoms with Crippen molar-refractivity contribution in [2.24, 2.45) is 5.41 Å². The molecule has 4 rings (SSSR count). The molecule has 3 heterocycles. The Bertz CT molecular complexity index is 708. The number of furan rings is 1. The molecule has 1 aliphatic carbocycles. The second kappa shape index (κ2) is 4.69. The van der Waals surface area contributed by atoms with Gasteiger partial charge >= 0.3 is 5.97 Å². The van der Waals surface area contributed by atoms with Crippen LogP contribution in [0, 0.1) is 5.41 Å². The standard InChI is InChI=1S/C17H19NO5/c1-2-22-15(21)16-7-3-4-8-17(16)11-6-10-23-12(11)5-9-18(17)14(20)13(16)19/h6,10H,2-5,7-9H2,1H3/t16-,17+/m0/s1. The lowest BCUT2D eigenvalue weighted by molar-refractivity contribution is -0.169. The highest BCUT2D eigenvalue weighted by atomic mass is 16.5. The van der Waals surface area contributed by atoms with Crippen LogP contribution < -0.4 is 0 Å². The number of carbonyl (C=O) groups is 3. The summed E-state index contributed by atoms with van der Waals surface area (Å²) in [6.07, 6.45) is 4.71. The van der Waals surface area contributed by atoms with Gasteiger partial charge in [0.25, 0.3) is 5.91 Å². The molecular weight excluding hydrogens is 298 g/mol. The molecule has 1 aromatic heterocycles. The van der Waals surface area contributed by atoms with Crippen LogP contribution >= 0.6 is 0 Å². The summed E-state index contributed by atoms with van der Waals surface area (Å²) in [6, 6.07) is 1.81. The summed E-state index contributed by atoms with van der Waals surface area (Å²) in [5.41, 5.74) is -1.53. The summed E-state index contributed by atoms with van der Waals surface area (Å²) in [5.74, 6) is -0.939. The molecule has 1 aromatic rings. The molecule has 6 heteroatoms. The van der Waals surface area contributed by atoms with E-state index in [2.05, 4.69) is 0 Å². The number of hydrogen-bond acceptors (Lipinski definition) is 5. The van der Waals surface area contributed by atoms with E-state index in [0.717, 1.165) is 24.2 Å². The molecule has 0 bridgehead atoms. The summed E-state index contributed by atoms with van der Waals surface area (Å²) in [5, 5.41) is 0. The second-order valence-electron chi connectivity index (χ2n) is 6.49. The lowest BCUT2D eigenvalue weighted by Gasteiger charge is -2.51. The number of Topliss-reactive ketones (excluding diaryl/α,β-unsaturated/α-hetero) is 1. The molecule has 23 heavy (non-hydrogen) atoms. The van der Waals surface area contributed by atoms with E-state index in [4.69, 9.17) is 9.15 Å². The van der Waals surface area contributed by atoms with Crippen LogP contribution in [0.3, 0.4) is 0 Å². The number of amides is 1. The first-order chi connectivity index (χ1) is 11.1. The topological polar surface area (TPSA) is 76.8 Å². The third-order valence-corrected chi connectivity index (χ3v) is 5.71. The Balaban J connectivity index is 2.00. The first-order valence-electron chi connectivity index (χ1n) is 8.20. The summed E-state index contributed by atoms with van der Waals surface area (Å²) >= 11 is 0. The fourth-order valence-electron chi connectivity index (χ4n) is 4.87. The van der Waals surface area contributed by atoms with E-state index in [-0.39, 0.29) is 6.61 Å². The van der Waals surface area contributed by atoms with E-state index < -0.39 is 28.6 Å². The number of fused-ring (bicyclic) bond motifs is 1. The van der Waals surface area contributed by atoms with Gasteiger partial charge in [-0.25, -0.2) is 0 Å². The fourth-order valence-corrected chi connectivity index (χ4v) is 4.87. The Morgan fingerprint density at radius 1 is 1.35 bits per heavy atom. The zero-order chi connectivity index (χ0) is 16.2. The highest BCUT2D eigenvalue weighted by Crippen LogP contribution is 2.61. The molecule has 0 aromatic carbocycles. The Hall–Kier alpha value is -2.11. The molecule has 0 radical (unpaired) electrons. The highest BCUT2D eigenvalue weighted by molar-refractivity contribution is 6.45. The molecular formula is C17H19NO5. The number of ether oxygens (including phenoxy) is 1. The molecule has 1 saturated carbocycles. The number of carbonyl (C=O) groups excluding carboxylic acids is 3. The van der Waals surface area contributed by atoms with Crippen molar-refractivity contribution < 1.29 is 23.5 Å². The number of rotatable bonds is 2. The predicted octanol–water partition coefficient (Wildman–Crippen LogP) is 1.57. The molecule has 1 amide bonds. The van der Waals surface area contributed by atoms with Gasteiger partial charge < -0.3 is 14.1 Å². The van der Waals surface area contributed by atoms with Gasteiger partial charge in [-0.1, -0.05) is 12.8 Å². The zero-order valence-electron chi connectivity index (χ0n) is 13.1. The first kappa shape index (κ1) is 14.5. The average molecular weight is 317 g/mol. The fraction of sp³-hybridized carbons (Fsp3) is 0.588. The molecule has 2 aliphatic heterocycles. The van der Waals surface area contributed by atoms with Crippen LogP contribution in [-0.4, -0.2) is 35.7 Å². The maximum atomic E-state index is 12.9. The minimum absolute atomic E-state index is 0.191. The van der Waals surface area contributed by atoms with Gasteiger partial charge in [-0.15, -0.1) is 0 Å². The minimum Gasteiger partial charge on any atom is -0.469 e. The molecule has 6 nitrogen and oxygen atoms in total. The molecule has 2 atom stereocenters. The van der Waals surface area contributed by atoms with Gasteiger partial charge in [0.1, 0.15) is 5.76 Å². The van der Waals surface area contributed by atoms with E-state index in [1.165, 1.54) is 0 Å². The number of hydrogen-bond donors (Lipinski definition) is 0. The highest BCUT2D eigenvalue weighted by Gasteiger charge is 2.75. The van der Waals surface area contributed by atoms with Crippen LogP contribution in [0.2, 0.25) is 0 Å². The van der Waals surface area contributed by atoms with Crippen LogP contribution in [0.1, 0.15) is 43.9 Å². The van der Waals surface area contributed by atoms with Crippen molar-refractivity contribution in [1.29, 1.82) is 0 Å². The third kappa shape index (κ3) is 1.47. The van der Waals surface area contributed by atoms with Gasteiger partial charge in [0.05, 0.1) is 18.4 Å². The van der Waals surface area contributed by atoms with E-state index in [0.29, 0.717) is 25.8 Å². The van der Waals surface area contributed by atoms with Crippen LogP contribution in [0.15, 0.2) is 16.7 Å². The van der Waals surface area contributed by atoms with Crippen molar-refractivity contribution in [3.8, 4) is 0 Å². The van der Waals surface area contributed by atoms with Gasteiger partial charge in [0.2, 0.25) is 5.78 Å². The summed E-state index contributed by atoms with van der Waals surface area (Å²) < 4.78 is 10.8. The van der Waals surface area contributed by atoms with Gasteiger partial charge in [-0.3, -0.25) is 14.4 Å². The Kier molecular flexibility index (Phi) is 2.95. The molecule has 1 saturated heterocycles. The molecule has 2 fully saturated rings. The lowest BCUT2D eigenvalue weighted by atomic mass is 9.57. The van der Waals surface area contributed by atoms with E-state index in [9.17, 15) is 14.4 Å². The van der Waals surface area contributed by atoms with Crippen molar-refractivity contribution in [2.45, 2.75) is 44.6 Å². The normalized spacial score (nSPS) is 32.3. The van der Waals surface area contributed by atoms with E-state index >= 15 is 0 Å². The first-order valence-corrected chi connectivity index (χ1v) is 8.20. The maximum Gasteiger partial charge on any atom is 0.323 e. The number of esters is 1. The zero-order valence-corrected chi connectivity index (χ0v) is 13.1. The van der Waals surface area contributed by atoms with Gasteiger partial charge in [-0.2, -0.15) is 0 Å². The lowest BCUT2D eigenvalue weighted by Crippen LogP contribution is -2.60. The van der Waals surface area contributed by atoms with Gasteiger partial charge in [0, 0.05) is 18.5 Å². The van der Waals surface area contributed by atoms with Crippen LogP contribution in [0.25, 0.3) is 0 Å².